The normalized spacial score (nSPS) is 10.2. The Kier molecular flexibility index (Phi) is 5.86. The number of ether oxygens (including phenoxy) is 2. The average Bonchev–Trinajstić information content (AvgIpc) is 2.56. The largest absolute Gasteiger partial charge is 0.468 e. The Morgan fingerprint density at radius 1 is 1.32 bits per heavy atom. The van der Waals surface area contributed by atoms with Gasteiger partial charge in [-0.1, -0.05) is 0 Å². The molecule has 0 radical (unpaired) electrons. The average molecular weight is 417 g/mol. The van der Waals surface area contributed by atoms with Crippen LogP contribution in [0, 0.1) is 21.7 Å². The first-order valence-corrected chi connectivity index (χ1v) is 7.53. The number of benzene rings is 2. The lowest BCUT2D eigenvalue weighted by atomic mass is 10.2. The zero-order chi connectivity index (χ0) is 18.6. The second-order valence-corrected chi connectivity index (χ2v) is 5.49. The van der Waals surface area contributed by atoms with Gasteiger partial charge in [-0.25, -0.2) is 8.78 Å². The topological polar surface area (TPSA) is 90.7 Å². The van der Waals surface area contributed by atoms with Crippen LogP contribution in [0.3, 0.4) is 0 Å². The third kappa shape index (κ3) is 4.41. The molecular formula is C15H11BrF2N2O5. The summed E-state index contributed by atoms with van der Waals surface area (Å²) in [7, 11) is 1.17. The van der Waals surface area contributed by atoms with Crippen LogP contribution in [0.5, 0.6) is 11.5 Å². The molecule has 0 aromatic heterocycles. The van der Waals surface area contributed by atoms with Crippen LogP contribution in [0.15, 0.2) is 34.8 Å². The molecule has 7 nitrogen and oxygen atoms in total. The zero-order valence-corrected chi connectivity index (χ0v) is 14.3. The summed E-state index contributed by atoms with van der Waals surface area (Å²) in [6.07, 6.45) is 0. The van der Waals surface area contributed by atoms with Gasteiger partial charge in [-0.2, -0.15) is 0 Å². The maximum absolute atomic E-state index is 13.8. The van der Waals surface area contributed by atoms with Crippen LogP contribution in [-0.4, -0.2) is 24.5 Å². The molecule has 132 valence electrons. The van der Waals surface area contributed by atoms with Crippen molar-refractivity contribution in [2.24, 2.45) is 0 Å². The SMILES string of the molecule is COC(=O)CNc1ccc(Br)c(Oc2ccc(F)cc2F)c1[N+](=O)[O-]. The summed E-state index contributed by atoms with van der Waals surface area (Å²) >= 11 is 3.09. The lowest BCUT2D eigenvalue weighted by Crippen LogP contribution is -2.16. The van der Waals surface area contributed by atoms with Crippen LogP contribution in [0.4, 0.5) is 20.2 Å². The molecule has 0 saturated carbocycles. The number of carbonyl (C=O) groups is 1. The number of esters is 1. The number of hydrogen-bond donors (Lipinski definition) is 1. The highest BCUT2D eigenvalue weighted by Crippen LogP contribution is 2.43. The molecular weight excluding hydrogens is 406 g/mol. The highest BCUT2D eigenvalue weighted by molar-refractivity contribution is 9.10. The van der Waals surface area contributed by atoms with Gasteiger partial charge in [0.15, 0.2) is 11.6 Å². The van der Waals surface area contributed by atoms with E-state index in [9.17, 15) is 23.7 Å². The predicted octanol–water partition coefficient (Wildman–Crippen LogP) is 4.01. The molecule has 0 unspecified atom stereocenters. The molecule has 2 aromatic carbocycles. The fourth-order valence-corrected chi connectivity index (χ4v) is 2.28. The molecule has 0 aliphatic carbocycles. The van der Waals surface area contributed by atoms with Gasteiger partial charge in [-0.15, -0.1) is 0 Å². The van der Waals surface area contributed by atoms with Crippen LogP contribution < -0.4 is 10.1 Å². The number of nitro groups is 1. The summed E-state index contributed by atoms with van der Waals surface area (Å²) < 4.78 is 36.7. The molecule has 0 heterocycles. The molecule has 25 heavy (non-hydrogen) atoms. The van der Waals surface area contributed by atoms with Crippen molar-refractivity contribution in [1.29, 1.82) is 0 Å². The number of nitro benzene ring substituents is 1. The lowest BCUT2D eigenvalue weighted by molar-refractivity contribution is -0.384. The van der Waals surface area contributed by atoms with Gasteiger partial charge in [0.1, 0.15) is 18.0 Å². The number of methoxy groups -OCH3 is 1. The third-order valence-electron chi connectivity index (χ3n) is 3.02. The van der Waals surface area contributed by atoms with Gasteiger partial charge in [0, 0.05) is 6.07 Å². The minimum absolute atomic E-state index is 0.0314. The number of hydrogen-bond acceptors (Lipinski definition) is 6. The number of halogens is 3. The Bertz CT molecular complexity index is 832. The highest BCUT2D eigenvalue weighted by Gasteiger charge is 2.26. The molecule has 0 atom stereocenters. The number of nitrogens with one attached hydrogen (secondary N) is 1. The Morgan fingerprint density at radius 2 is 2.04 bits per heavy atom. The Hall–Kier alpha value is -2.75. The van der Waals surface area contributed by atoms with E-state index in [1.54, 1.807) is 0 Å². The van der Waals surface area contributed by atoms with E-state index >= 15 is 0 Å². The Morgan fingerprint density at radius 3 is 2.64 bits per heavy atom. The number of carbonyl (C=O) groups excluding carboxylic acids is 1. The van der Waals surface area contributed by atoms with Crippen molar-refractivity contribution in [3.8, 4) is 11.5 Å². The van der Waals surface area contributed by atoms with Crippen LogP contribution >= 0.6 is 15.9 Å². The van der Waals surface area contributed by atoms with E-state index in [0.29, 0.717) is 6.07 Å². The first kappa shape index (κ1) is 18.6. The first-order chi connectivity index (χ1) is 11.8. The molecule has 0 bridgehead atoms. The van der Waals surface area contributed by atoms with Crippen molar-refractivity contribution >= 4 is 33.3 Å². The van der Waals surface area contributed by atoms with Crippen LogP contribution in [-0.2, 0) is 9.53 Å². The van der Waals surface area contributed by atoms with Crippen LogP contribution in [0.1, 0.15) is 0 Å². The number of anilines is 1. The molecule has 0 amide bonds. The summed E-state index contributed by atoms with van der Waals surface area (Å²) in [5.41, 5.74) is -0.557. The van der Waals surface area contributed by atoms with Crippen LogP contribution in [0.25, 0.3) is 0 Å². The fourth-order valence-electron chi connectivity index (χ4n) is 1.88. The molecule has 0 aliphatic rings. The standard InChI is InChI=1S/C15H11BrF2N2O5/c1-24-13(21)7-19-11-4-3-9(16)15(14(11)20(22)23)25-12-5-2-8(17)6-10(12)18/h2-6,19H,7H2,1H3. The summed E-state index contributed by atoms with van der Waals surface area (Å²) in [5.74, 6) is -3.16. The molecule has 10 heteroatoms. The van der Waals surface area contributed by atoms with Gasteiger partial charge in [-0.05, 0) is 40.2 Å². The van der Waals surface area contributed by atoms with Crippen molar-refractivity contribution in [3.05, 3.63) is 56.6 Å². The third-order valence-corrected chi connectivity index (χ3v) is 3.65. The minimum Gasteiger partial charge on any atom is -0.468 e. The van der Waals surface area contributed by atoms with Crippen molar-refractivity contribution in [2.75, 3.05) is 19.0 Å². The Labute approximate surface area is 148 Å². The molecule has 1 N–H and O–H groups in total. The summed E-state index contributed by atoms with van der Waals surface area (Å²) in [6, 6.07) is 5.32. The van der Waals surface area contributed by atoms with E-state index in [1.807, 2.05) is 0 Å². The first-order valence-electron chi connectivity index (χ1n) is 6.74. The van der Waals surface area contributed by atoms with Gasteiger partial charge >= 0.3 is 11.7 Å². The molecule has 2 rings (SSSR count). The van der Waals surface area contributed by atoms with Crippen molar-refractivity contribution in [3.63, 3.8) is 0 Å². The van der Waals surface area contributed by atoms with Crippen molar-refractivity contribution in [1.82, 2.24) is 0 Å². The second-order valence-electron chi connectivity index (χ2n) is 4.64. The molecule has 0 spiro atoms. The smallest absolute Gasteiger partial charge is 0.335 e. The zero-order valence-electron chi connectivity index (χ0n) is 12.7. The van der Waals surface area contributed by atoms with Gasteiger partial charge in [-0.3, -0.25) is 14.9 Å². The maximum atomic E-state index is 13.8. The van der Waals surface area contributed by atoms with Gasteiger partial charge in [0.2, 0.25) is 5.75 Å². The lowest BCUT2D eigenvalue weighted by Gasteiger charge is -2.12. The summed E-state index contributed by atoms with van der Waals surface area (Å²) in [5, 5.41) is 14.0. The monoisotopic (exact) mass is 416 g/mol. The molecule has 0 aliphatic heterocycles. The minimum atomic E-state index is -1.02. The predicted molar refractivity (Wildman–Crippen MR) is 87.7 cm³/mol. The maximum Gasteiger partial charge on any atom is 0.335 e. The van der Waals surface area contributed by atoms with Gasteiger partial charge in [0.25, 0.3) is 0 Å². The second kappa shape index (κ2) is 7.88. The van der Waals surface area contributed by atoms with E-state index in [2.05, 4.69) is 26.0 Å². The van der Waals surface area contributed by atoms with Crippen molar-refractivity contribution in [2.45, 2.75) is 0 Å². The number of rotatable bonds is 6. The Balaban J connectivity index is 2.45. The fraction of sp³-hybridized carbons (Fsp3) is 0.133. The van der Waals surface area contributed by atoms with Gasteiger partial charge in [0.05, 0.1) is 16.5 Å². The van der Waals surface area contributed by atoms with Crippen molar-refractivity contribution < 1.29 is 28.0 Å². The van der Waals surface area contributed by atoms with E-state index in [1.165, 1.54) is 19.2 Å². The quantitative estimate of drug-likeness (QED) is 0.434. The van der Waals surface area contributed by atoms with E-state index in [-0.39, 0.29) is 22.5 Å². The van der Waals surface area contributed by atoms with Gasteiger partial charge < -0.3 is 14.8 Å². The molecule has 0 fully saturated rings. The van der Waals surface area contributed by atoms with Crippen LogP contribution in [0.2, 0.25) is 0 Å². The highest BCUT2D eigenvalue weighted by atomic mass is 79.9. The van der Waals surface area contributed by atoms with E-state index in [4.69, 9.17) is 4.74 Å². The summed E-state index contributed by atoms with van der Waals surface area (Å²) in [4.78, 5) is 21.9. The van der Waals surface area contributed by atoms with E-state index < -0.39 is 34.0 Å². The van der Waals surface area contributed by atoms with E-state index in [0.717, 1.165) is 12.1 Å². The molecule has 0 saturated heterocycles. The summed E-state index contributed by atoms with van der Waals surface area (Å²) in [6.45, 7) is -0.316. The number of nitrogens with zero attached hydrogens (tertiary/aromatic N) is 1. The molecule has 2 aromatic rings.